The number of nitrogens with zero attached hydrogens (tertiary/aromatic N) is 3. The van der Waals surface area contributed by atoms with Crippen LogP contribution in [0.1, 0.15) is 61.2 Å². The van der Waals surface area contributed by atoms with Crippen molar-refractivity contribution in [2.45, 2.75) is 5.41 Å². The van der Waals surface area contributed by atoms with Crippen molar-refractivity contribution in [1.29, 1.82) is 0 Å². The van der Waals surface area contributed by atoms with Crippen LogP contribution in [-0.2, 0) is 5.41 Å². The van der Waals surface area contributed by atoms with E-state index in [4.69, 9.17) is 6.42 Å². The van der Waals surface area contributed by atoms with Gasteiger partial charge >= 0.3 is 0 Å². The molecule has 0 amide bonds. The van der Waals surface area contributed by atoms with Gasteiger partial charge in [-0.1, -0.05) is 90.0 Å². The molecule has 0 atom stereocenters. The predicted octanol–water partition coefficient (Wildman–Crippen LogP) is 8.44. The highest BCUT2D eigenvalue weighted by Crippen LogP contribution is 2.45. The minimum absolute atomic E-state index is 0.710. The first-order chi connectivity index (χ1) is 25.2. The van der Waals surface area contributed by atoms with Gasteiger partial charge in [-0.25, -0.2) is 0 Å². The average Bonchev–Trinajstić information content (AvgIpc) is 3.21. The lowest BCUT2D eigenvalue weighted by atomic mass is 9.65. The smallest absolute Gasteiger partial charge is 0.0701 e. The number of benzene rings is 4. The number of hydrogen-bond donors (Lipinski definition) is 0. The van der Waals surface area contributed by atoms with E-state index in [0.29, 0.717) is 0 Å². The molecule has 0 aliphatic rings. The van der Waals surface area contributed by atoms with Crippen molar-refractivity contribution in [3.8, 4) is 47.9 Å². The Morgan fingerprint density at radius 3 is 0.745 bits per heavy atom. The lowest BCUT2D eigenvalue weighted by Gasteiger charge is -2.37. The minimum atomic E-state index is -0.710. The summed E-state index contributed by atoms with van der Waals surface area (Å²) in [5, 5.41) is 0. The highest BCUT2D eigenvalue weighted by Gasteiger charge is 2.38. The van der Waals surface area contributed by atoms with Crippen LogP contribution < -0.4 is 0 Å². The van der Waals surface area contributed by atoms with E-state index in [0.717, 1.165) is 61.2 Å². The summed E-state index contributed by atoms with van der Waals surface area (Å²) in [6, 6.07) is 45.2. The fourth-order valence-electron chi connectivity index (χ4n) is 5.97. The highest BCUT2D eigenvalue weighted by atomic mass is 14.6. The van der Waals surface area contributed by atoms with Crippen LogP contribution in [0.5, 0.6) is 0 Å². The Labute approximate surface area is 299 Å². The van der Waals surface area contributed by atoms with Crippen molar-refractivity contribution in [3.05, 3.63) is 232 Å². The van der Waals surface area contributed by atoms with Crippen molar-refractivity contribution in [2.24, 2.45) is 0 Å². The third-order valence-corrected chi connectivity index (χ3v) is 8.53. The molecule has 7 rings (SSSR count). The molecule has 0 aliphatic carbocycles. The zero-order valence-electron chi connectivity index (χ0n) is 27.6. The van der Waals surface area contributed by atoms with Crippen LogP contribution in [0.3, 0.4) is 0 Å². The predicted molar refractivity (Wildman–Crippen MR) is 203 cm³/mol. The molecule has 0 unspecified atom stereocenters. The van der Waals surface area contributed by atoms with Gasteiger partial charge in [-0.2, -0.15) is 0 Å². The summed E-state index contributed by atoms with van der Waals surface area (Å²) < 4.78 is 0. The first-order valence-electron chi connectivity index (χ1n) is 16.4. The first-order valence-corrected chi connectivity index (χ1v) is 16.4. The second-order valence-corrected chi connectivity index (χ2v) is 11.7. The molecule has 3 heterocycles. The molecule has 0 bridgehead atoms. The van der Waals surface area contributed by atoms with Crippen LogP contribution >= 0.6 is 0 Å². The van der Waals surface area contributed by atoms with Gasteiger partial charge in [-0.3, -0.25) is 15.0 Å². The van der Waals surface area contributed by atoms with Crippen molar-refractivity contribution in [3.63, 3.8) is 0 Å². The highest BCUT2D eigenvalue weighted by molar-refractivity contribution is 5.62. The Kier molecular flexibility index (Phi) is 9.58. The van der Waals surface area contributed by atoms with Crippen molar-refractivity contribution < 1.29 is 0 Å². The molecule has 0 N–H and O–H groups in total. The van der Waals surface area contributed by atoms with Gasteiger partial charge in [0.05, 0.1) is 5.41 Å². The SMILES string of the molecule is C#Cc1ccc(C(c2ccc(C#Cc3ccncc3)cc2)(c2ccc(C#Cc3ccncc3)cc2)c2ccc(C#Cc3ccncc3)cc2)cc1. The Bertz CT molecular complexity index is 2240. The van der Waals surface area contributed by atoms with E-state index in [9.17, 15) is 0 Å². The molecule has 0 aliphatic heterocycles. The van der Waals surface area contributed by atoms with E-state index in [-0.39, 0.29) is 0 Å². The van der Waals surface area contributed by atoms with Gasteiger partial charge in [-0.05, 0) is 107 Å². The average molecular weight is 648 g/mol. The van der Waals surface area contributed by atoms with E-state index >= 15 is 0 Å². The number of hydrogen-bond acceptors (Lipinski definition) is 3. The minimum Gasteiger partial charge on any atom is -0.265 e. The molecule has 0 saturated heterocycles. The fraction of sp³-hybridized carbons (Fsp3) is 0.0208. The van der Waals surface area contributed by atoms with Gasteiger partial charge in [0.2, 0.25) is 0 Å². The second-order valence-electron chi connectivity index (χ2n) is 11.7. The van der Waals surface area contributed by atoms with Crippen LogP contribution in [-0.4, -0.2) is 15.0 Å². The topological polar surface area (TPSA) is 38.7 Å². The van der Waals surface area contributed by atoms with Gasteiger partial charge < -0.3 is 0 Å². The summed E-state index contributed by atoms with van der Waals surface area (Å²) in [6.45, 7) is 0. The summed E-state index contributed by atoms with van der Waals surface area (Å²) in [6.07, 6.45) is 16.3. The number of terminal acetylenes is 1. The molecule has 0 saturated carbocycles. The van der Waals surface area contributed by atoms with Gasteiger partial charge in [0, 0.05) is 76.1 Å². The molecule has 0 spiro atoms. The van der Waals surface area contributed by atoms with Crippen molar-refractivity contribution in [2.75, 3.05) is 0 Å². The normalized spacial score (nSPS) is 10.3. The third-order valence-electron chi connectivity index (χ3n) is 8.53. The lowest BCUT2D eigenvalue weighted by molar-refractivity contribution is 0.744. The summed E-state index contributed by atoms with van der Waals surface area (Å²) in [7, 11) is 0. The molecular weight excluding hydrogens is 619 g/mol. The lowest BCUT2D eigenvalue weighted by Crippen LogP contribution is -2.31. The molecular formula is C48H29N3. The third kappa shape index (κ3) is 7.36. The maximum atomic E-state index is 5.80. The van der Waals surface area contributed by atoms with E-state index in [2.05, 4.69) is 141 Å². The van der Waals surface area contributed by atoms with Crippen LogP contribution in [0.15, 0.2) is 171 Å². The van der Waals surface area contributed by atoms with Gasteiger partial charge in [0.1, 0.15) is 0 Å². The van der Waals surface area contributed by atoms with Crippen LogP contribution in [0.2, 0.25) is 0 Å². The van der Waals surface area contributed by atoms with Gasteiger partial charge in [-0.15, -0.1) is 6.42 Å². The van der Waals surface area contributed by atoms with Gasteiger partial charge in [0.25, 0.3) is 0 Å². The number of rotatable bonds is 4. The first kappa shape index (κ1) is 32.1. The van der Waals surface area contributed by atoms with Crippen LogP contribution in [0.25, 0.3) is 0 Å². The molecule has 3 aromatic heterocycles. The van der Waals surface area contributed by atoms with E-state index < -0.39 is 5.41 Å². The van der Waals surface area contributed by atoms with E-state index in [1.807, 2.05) is 48.5 Å². The zero-order chi connectivity index (χ0) is 34.7. The summed E-state index contributed by atoms with van der Waals surface area (Å²) in [5.74, 6) is 22.4. The molecule has 51 heavy (non-hydrogen) atoms. The summed E-state index contributed by atoms with van der Waals surface area (Å²) >= 11 is 0. The van der Waals surface area contributed by atoms with Gasteiger partial charge in [0.15, 0.2) is 0 Å². The Morgan fingerprint density at radius 2 is 0.510 bits per heavy atom. The summed E-state index contributed by atoms with van der Waals surface area (Å²) in [4.78, 5) is 12.3. The fourth-order valence-corrected chi connectivity index (χ4v) is 5.97. The molecule has 0 radical (unpaired) electrons. The van der Waals surface area contributed by atoms with Crippen LogP contribution in [0, 0.1) is 47.9 Å². The molecule has 236 valence electrons. The maximum Gasteiger partial charge on any atom is 0.0701 e. The molecule has 0 fully saturated rings. The zero-order valence-corrected chi connectivity index (χ0v) is 27.6. The Hall–Kier alpha value is -7.43. The molecule has 3 heteroatoms. The largest absolute Gasteiger partial charge is 0.265 e. The second kappa shape index (κ2) is 15.2. The molecule has 3 nitrogen and oxygen atoms in total. The molecule has 4 aromatic carbocycles. The van der Waals surface area contributed by atoms with Crippen molar-refractivity contribution >= 4 is 0 Å². The summed E-state index contributed by atoms with van der Waals surface area (Å²) in [5.41, 5.74) is 9.90. The molecule has 7 aromatic rings. The van der Waals surface area contributed by atoms with Crippen molar-refractivity contribution in [1.82, 2.24) is 15.0 Å². The Balaban J connectivity index is 1.38. The van der Waals surface area contributed by atoms with E-state index in [1.165, 1.54) is 0 Å². The standard InChI is InChI=1S/C48H29N3/c1-2-37-9-17-44(18-10-37)48(45-19-11-38(12-20-45)3-6-41-25-31-49-32-26-41,46-21-13-39(14-22-46)4-7-42-27-33-50-34-28-42)47-23-15-40(16-24-47)5-8-43-29-35-51-36-30-43/h1,9-36H. The number of pyridine rings is 3. The quantitative estimate of drug-likeness (QED) is 0.142. The number of aromatic nitrogens is 3. The van der Waals surface area contributed by atoms with Crippen LogP contribution in [0.4, 0.5) is 0 Å². The maximum absolute atomic E-state index is 5.80. The monoisotopic (exact) mass is 647 g/mol. The Morgan fingerprint density at radius 1 is 0.294 bits per heavy atom. The van der Waals surface area contributed by atoms with E-state index in [1.54, 1.807) is 37.2 Å².